The van der Waals surface area contributed by atoms with E-state index in [1.54, 1.807) is 12.2 Å². The molecule has 1 aromatic carbocycles. The molecule has 20 heavy (non-hydrogen) atoms. The summed E-state index contributed by atoms with van der Waals surface area (Å²) in [5.41, 5.74) is -0.600. The van der Waals surface area contributed by atoms with E-state index in [0.29, 0.717) is 0 Å². The maximum atomic E-state index is 14.1. The number of rotatable bonds is 6. The third-order valence-corrected chi connectivity index (χ3v) is 2.53. The summed E-state index contributed by atoms with van der Waals surface area (Å²) in [6.07, 6.45) is 0. The highest BCUT2D eigenvalue weighted by molar-refractivity contribution is 5.89. The quantitative estimate of drug-likeness (QED) is 0.836. The van der Waals surface area contributed by atoms with E-state index in [-0.39, 0.29) is 12.4 Å². The van der Waals surface area contributed by atoms with Crippen molar-refractivity contribution < 1.29 is 28.2 Å². The van der Waals surface area contributed by atoms with Crippen LogP contribution in [0.2, 0.25) is 0 Å². The summed E-state index contributed by atoms with van der Waals surface area (Å²) in [5.74, 6) is -7.07. The highest BCUT2D eigenvalue weighted by Crippen LogP contribution is 2.35. The molecular weight excluding hydrogens is 272 g/mol. The lowest BCUT2D eigenvalue weighted by Gasteiger charge is -2.20. The summed E-state index contributed by atoms with van der Waals surface area (Å²) in [5, 5.41) is 10.4. The van der Waals surface area contributed by atoms with Crippen LogP contribution in [-0.4, -0.2) is 29.6 Å². The molecule has 0 aromatic heterocycles. The topological polar surface area (TPSA) is 75.6 Å². The molecule has 0 heterocycles. The van der Waals surface area contributed by atoms with Crippen molar-refractivity contribution in [3.05, 3.63) is 29.8 Å². The van der Waals surface area contributed by atoms with Gasteiger partial charge in [0.05, 0.1) is 12.2 Å². The standard InChI is InChI=1S/C13H15F2NO4/c1-3-20-10-7-5-4-6-9(10)13(14,15)12(19)16-8(2)11(17)18/h4-8H,3H2,1-2H3,(H,16,19)(H,17,18). The Kier molecular flexibility index (Phi) is 5.01. The number of nitrogens with one attached hydrogen (secondary N) is 1. The first-order chi connectivity index (χ1) is 9.30. The van der Waals surface area contributed by atoms with Crippen LogP contribution in [0.5, 0.6) is 5.75 Å². The largest absolute Gasteiger partial charge is 0.493 e. The number of carbonyl (C=O) groups is 2. The van der Waals surface area contributed by atoms with Gasteiger partial charge in [0.2, 0.25) is 0 Å². The first-order valence-electron chi connectivity index (χ1n) is 5.94. The molecule has 0 aliphatic rings. The average Bonchev–Trinajstić information content (AvgIpc) is 2.39. The van der Waals surface area contributed by atoms with Gasteiger partial charge in [0.1, 0.15) is 11.8 Å². The molecule has 7 heteroatoms. The van der Waals surface area contributed by atoms with Gasteiger partial charge in [0.15, 0.2) is 0 Å². The Morgan fingerprint density at radius 2 is 2.00 bits per heavy atom. The van der Waals surface area contributed by atoms with Crippen molar-refractivity contribution >= 4 is 11.9 Å². The van der Waals surface area contributed by atoms with Crippen LogP contribution in [-0.2, 0) is 15.5 Å². The van der Waals surface area contributed by atoms with Crippen molar-refractivity contribution in [2.75, 3.05) is 6.61 Å². The van der Waals surface area contributed by atoms with Crippen molar-refractivity contribution in [2.24, 2.45) is 0 Å². The predicted molar refractivity (Wildman–Crippen MR) is 66.7 cm³/mol. The fourth-order valence-electron chi connectivity index (χ4n) is 1.48. The first-order valence-corrected chi connectivity index (χ1v) is 5.94. The van der Waals surface area contributed by atoms with Gasteiger partial charge in [-0.15, -0.1) is 0 Å². The number of aliphatic carboxylic acids is 1. The monoisotopic (exact) mass is 287 g/mol. The van der Waals surface area contributed by atoms with E-state index in [2.05, 4.69) is 0 Å². The van der Waals surface area contributed by atoms with Crippen LogP contribution < -0.4 is 10.1 Å². The van der Waals surface area contributed by atoms with Crippen LogP contribution in [0.15, 0.2) is 24.3 Å². The molecule has 0 saturated carbocycles. The highest BCUT2D eigenvalue weighted by atomic mass is 19.3. The molecule has 0 saturated heterocycles. The molecule has 110 valence electrons. The first kappa shape index (κ1) is 15.9. The Morgan fingerprint density at radius 1 is 1.40 bits per heavy atom. The lowest BCUT2D eigenvalue weighted by Crippen LogP contribution is -2.45. The third-order valence-electron chi connectivity index (χ3n) is 2.53. The molecule has 0 aliphatic carbocycles. The Labute approximate surface area is 114 Å². The summed E-state index contributed by atoms with van der Waals surface area (Å²) in [6, 6.07) is 3.83. The Balaban J connectivity index is 3.03. The number of amides is 1. The minimum atomic E-state index is -3.88. The molecule has 0 fully saturated rings. The van der Waals surface area contributed by atoms with E-state index < -0.39 is 29.4 Å². The van der Waals surface area contributed by atoms with Crippen LogP contribution in [0.1, 0.15) is 19.4 Å². The maximum Gasteiger partial charge on any atom is 0.353 e. The number of ether oxygens (including phenoxy) is 1. The molecule has 0 bridgehead atoms. The number of para-hydroxylation sites is 1. The number of hydrogen-bond acceptors (Lipinski definition) is 3. The number of carbonyl (C=O) groups excluding carboxylic acids is 1. The van der Waals surface area contributed by atoms with Gasteiger partial charge < -0.3 is 15.2 Å². The number of halogens is 2. The minimum absolute atomic E-state index is 0.113. The summed E-state index contributed by atoms with van der Waals surface area (Å²) in [6.45, 7) is 2.90. The second-order valence-electron chi connectivity index (χ2n) is 4.04. The molecule has 1 aromatic rings. The van der Waals surface area contributed by atoms with Gasteiger partial charge in [0.25, 0.3) is 5.91 Å². The van der Waals surface area contributed by atoms with Gasteiger partial charge in [-0.05, 0) is 26.0 Å². The van der Waals surface area contributed by atoms with Gasteiger partial charge in [-0.3, -0.25) is 9.59 Å². The minimum Gasteiger partial charge on any atom is -0.493 e. The Hall–Kier alpha value is -2.18. The summed E-state index contributed by atoms with van der Waals surface area (Å²) < 4.78 is 33.2. The molecule has 2 N–H and O–H groups in total. The van der Waals surface area contributed by atoms with Crippen molar-refractivity contribution in [1.29, 1.82) is 0 Å². The number of carboxylic acids is 1. The van der Waals surface area contributed by atoms with Crippen molar-refractivity contribution in [2.45, 2.75) is 25.8 Å². The zero-order chi connectivity index (χ0) is 15.3. The van der Waals surface area contributed by atoms with Gasteiger partial charge in [-0.25, -0.2) is 0 Å². The molecule has 0 radical (unpaired) electrons. The SMILES string of the molecule is CCOc1ccccc1C(F)(F)C(=O)NC(C)C(=O)O. The van der Waals surface area contributed by atoms with E-state index in [0.717, 1.165) is 13.0 Å². The molecule has 5 nitrogen and oxygen atoms in total. The molecule has 0 spiro atoms. The van der Waals surface area contributed by atoms with E-state index >= 15 is 0 Å². The highest BCUT2D eigenvalue weighted by Gasteiger charge is 2.44. The van der Waals surface area contributed by atoms with Crippen molar-refractivity contribution in [3.8, 4) is 5.75 Å². The summed E-state index contributed by atoms with van der Waals surface area (Å²) in [4.78, 5) is 22.1. The van der Waals surface area contributed by atoms with Crippen LogP contribution in [0.3, 0.4) is 0 Å². The Morgan fingerprint density at radius 3 is 2.55 bits per heavy atom. The normalized spacial score (nSPS) is 12.6. The van der Waals surface area contributed by atoms with E-state index in [1.807, 2.05) is 0 Å². The fraction of sp³-hybridized carbons (Fsp3) is 0.385. The second kappa shape index (κ2) is 6.31. The molecular formula is C13H15F2NO4. The van der Waals surface area contributed by atoms with E-state index in [1.165, 1.54) is 18.2 Å². The number of hydrogen-bond donors (Lipinski definition) is 2. The van der Waals surface area contributed by atoms with Crippen LogP contribution in [0.4, 0.5) is 8.78 Å². The Bertz CT molecular complexity index is 505. The summed E-state index contributed by atoms with van der Waals surface area (Å²) in [7, 11) is 0. The number of benzene rings is 1. The van der Waals surface area contributed by atoms with Crippen LogP contribution in [0, 0.1) is 0 Å². The lowest BCUT2D eigenvalue weighted by molar-refractivity contribution is -0.152. The maximum absolute atomic E-state index is 14.1. The van der Waals surface area contributed by atoms with Crippen LogP contribution >= 0.6 is 0 Å². The van der Waals surface area contributed by atoms with Gasteiger partial charge >= 0.3 is 11.9 Å². The molecule has 0 aliphatic heterocycles. The average molecular weight is 287 g/mol. The second-order valence-corrected chi connectivity index (χ2v) is 4.04. The predicted octanol–water partition coefficient (Wildman–Crippen LogP) is 1.77. The van der Waals surface area contributed by atoms with E-state index in [4.69, 9.17) is 9.84 Å². The van der Waals surface area contributed by atoms with Crippen LogP contribution in [0.25, 0.3) is 0 Å². The zero-order valence-corrected chi connectivity index (χ0v) is 11.0. The smallest absolute Gasteiger partial charge is 0.353 e. The lowest BCUT2D eigenvalue weighted by atomic mass is 10.1. The van der Waals surface area contributed by atoms with Crippen molar-refractivity contribution in [3.63, 3.8) is 0 Å². The van der Waals surface area contributed by atoms with Crippen molar-refractivity contribution in [1.82, 2.24) is 5.32 Å². The number of carboxylic acid groups (broad SMARTS) is 1. The van der Waals surface area contributed by atoms with E-state index in [9.17, 15) is 18.4 Å². The number of alkyl halides is 2. The molecule has 1 unspecified atom stereocenters. The molecule has 1 rings (SSSR count). The fourth-order valence-corrected chi connectivity index (χ4v) is 1.48. The summed E-state index contributed by atoms with van der Waals surface area (Å²) >= 11 is 0. The van der Waals surface area contributed by atoms with Gasteiger partial charge in [0, 0.05) is 0 Å². The van der Waals surface area contributed by atoms with Gasteiger partial charge in [-0.1, -0.05) is 12.1 Å². The molecule has 1 amide bonds. The zero-order valence-electron chi connectivity index (χ0n) is 11.0. The third kappa shape index (κ3) is 3.43. The molecule has 1 atom stereocenters. The van der Waals surface area contributed by atoms with Gasteiger partial charge in [-0.2, -0.15) is 8.78 Å².